The van der Waals surface area contributed by atoms with Crippen LogP contribution in [0, 0.1) is 17.8 Å². The Bertz CT molecular complexity index is 315. The van der Waals surface area contributed by atoms with E-state index in [4.69, 9.17) is 9.99 Å². The molecule has 4 heteroatoms. The number of aliphatic hydroxyl groups is 1. The van der Waals surface area contributed by atoms with E-state index in [1.54, 1.807) is 13.2 Å². The summed E-state index contributed by atoms with van der Waals surface area (Å²) in [5.74, 6) is 0.253. The summed E-state index contributed by atoms with van der Waals surface area (Å²) in [6, 6.07) is 0. The molecule has 1 heterocycles. The third-order valence-electron chi connectivity index (χ3n) is 4.53. The summed E-state index contributed by atoms with van der Waals surface area (Å²) in [5.41, 5.74) is 1.29. The van der Waals surface area contributed by atoms with Crippen molar-refractivity contribution in [3.05, 3.63) is 11.8 Å². The topological polar surface area (TPSA) is 58.9 Å². The summed E-state index contributed by atoms with van der Waals surface area (Å²) in [6.07, 6.45) is 6.93. The predicted molar refractivity (Wildman–Crippen MR) is 67.6 cm³/mol. The third kappa shape index (κ3) is 2.71. The summed E-state index contributed by atoms with van der Waals surface area (Å²) >= 11 is 0. The first-order chi connectivity index (χ1) is 8.59. The van der Waals surface area contributed by atoms with E-state index in [9.17, 15) is 5.11 Å². The Morgan fingerprint density at radius 3 is 2.94 bits per heavy atom. The van der Waals surface area contributed by atoms with Crippen LogP contribution in [-0.4, -0.2) is 22.8 Å². The number of allylic oxidation sites excluding steroid dienone is 1. The van der Waals surface area contributed by atoms with E-state index >= 15 is 0 Å². The molecule has 2 rings (SSSR count). The highest BCUT2D eigenvalue weighted by Crippen LogP contribution is 2.43. The molecule has 0 aromatic rings. The molecule has 0 aromatic carbocycles. The summed E-state index contributed by atoms with van der Waals surface area (Å²) in [4.78, 5) is 4.47. The van der Waals surface area contributed by atoms with Crippen LogP contribution in [-0.2, 0) is 9.62 Å². The van der Waals surface area contributed by atoms with Crippen molar-refractivity contribution in [2.24, 2.45) is 17.8 Å². The maximum Gasteiger partial charge on any atom is 0.237 e. The molecule has 104 valence electrons. The largest absolute Gasteiger partial charge is 0.468 e. The van der Waals surface area contributed by atoms with Gasteiger partial charge in [0, 0.05) is 20.0 Å². The molecular weight excluding hydrogens is 232 g/mol. The highest BCUT2D eigenvalue weighted by molar-refractivity contribution is 5.14. The van der Waals surface area contributed by atoms with Gasteiger partial charge in [0.1, 0.15) is 0 Å². The van der Waals surface area contributed by atoms with Crippen molar-refractivity contribution in [1.29, 1.82) is 0 Å². The molecule has 2 N–H and O–H groups in total. The Morgan fingerprint density at radius 1 is 1.50 bits per heavy atom. The number of fused-ring (bicyclic) bond motifs is 1. The molecule has 1 saturated carbocycles. The lowest BCUT2D eigenvalue weighted by Crippen LogP contribution is -2.28. The van der Waals surface area contributed by atoms with Gasteiger partial charge in [0.05, 0.1) is 6.26 Å². The second-order valence-corrected chi connectivity index (χ2v) is 5.89. The fourth-order valence-corrected chi connectivity index (χ4v) is 3.21. The molecule has 0 spiro atoms. The molecule has 2 unspecified atom stereocenters. The van der Waals surface area contributed by atoms with Gasteiger partial charge in [0.2, 0.25) is 5.79 Å². The van der Waals surface area contributed by atoms with Crippen LogP contribution in [0.2, 0.25) is 0 Å². The standard InChI is InChI=1S/C14H24O4/c1-10(8-15)12-5-3-4-11-6-7-14(2,18-16)17-9-13(11)12/h9-12,15-16H,3-8H2,1-2H3/t10-,11?,12?,14-/m0/s1. The van der Waals surface area contributed by atoms with Crippen molar-refractivity contribution in [2.45, 2.75) is 51.7 Å². The normalized spacial score (nSPS) is 38.1. The molecular formula is C14H24O4. The molecule has 0 bridgehead atoms. The molecule has 2 aliphatic rings. The fourth-order valence-electron chi connectivity index (χ4n) is 3.21. The Labute approximate surface area is 109 Å². The minimum atomic E-state index is -0.919. The lowest BCUT2D eigenvalue weighted by atomic mass is 9.71. The van der Waals surface area contributed by atoms with Crippen LogP contribution in [0.1, 0.15) is 46.0 Å². The van der Waals surface area contributed by atoms with E-state index in [0.717, 1.165) is 12.8 Å². The Morgan fingerprint density at radius 2 is 2.28 bits per heavy atom. The van der Waals surface area contributed by atoms with Gasteiger partial charge in [-0.1, -0.05) is 13.3 Å². The van der Waals surface area contributed by atoms with Crippen LogP contribution in [0.5, 0.6) is 0 Å². The average Bonchev–Trinajstić information content (AvgIpc) is 2.58. The zero-order valence-electron chi connectivity index (χ0n) is 11.3. The Hall–Kier alpha value is -0.580. The zero-order valence-corrected chi connectivity index (χ0v) is 11.3. The molecule has 0 amide bonds. The molecule has 0 aromatic heterocycles. The third-order valence-corrected chi connectivity index (χ3v) is 4.53. The average molecular weight is 256 g/mol. The Balaban J connectivity index is 2.18. The maximum absolute atomic E-state index is 9.36. The summed E-state index contributed by atoms with van der Waals surface area (Å²) in [6.45, 7) is 4.05. The van der Waals surface area contributed by atoms with Gasteiger partial charge in [0.15, 0.2) is 0 Å². The fraction of sp³-hybridized carbons (Fsp3) is 0.857. The second kappa shape index (κ2) is 5.59. The van der Waals surface area contributed by atoms with Crippen molar-refractivity contribution < 1.29 is 20.0 Å². The quantitative estimate of drug-likeness (QED) is 0.602. The van der Waals surface area contributed by atoms with Gasteiger partial charge in [-0.15, -0.1) is 0 Å². The monoisotopic (exact) mass is 256 g/mol. The number of rotatable bonds is 3. The van der Waals surface area contributed by atoms with E-state index in [0.29, 0.717) is 18.3 Å². The van der Waals surface area contributed by atoms with Crippen molar-refractivity contribution >= 4 is 0 Å². The smallest absolute Gasteiger partial charge is 0.237 e. The molecule has 0 radical (unpaired) electrons. The van der Waals surface area contributed by atoms with E-state index in [-0.39, 0.29) is 12.5 Å². The SMILES string of the molecule is C[C@@H](CO)C1CCCC2CC[C@](C)(OO)OC=C21. The van der Waals surface area contributed by atoms with Gasteiger partial charge in [-0.3, -0.25) is 0 Å². The molecule has 1 fully saturated rings. The van der Waals surface area contributed by atoms with Gasteiger partial charge in [-0.25, -0.2) is 5.26 Å². The minimum absolute atomic E-state index is 0.211. The first-order valence-electron chi connectivity index (χ1n) is 6.91. The minimum Gasteiger partial charge on any atom is -0.468 e. The highest BCUT2D eigenvalue weighted by Gasteiger charge is 2.37. The Kier molecular flexibility index (Phi) is 4.30. The molecule has 4 nitrogen and oxygen atoms in total. The molecule has 18 heavy (non-hydrogen) atoms. The maximum atomic E-state index is 9.36. The lowest BCUT2D eigenvalue weighted by Gasteiger charge is -2.34. The van der Waals surface area contributed by atoms with E-state index < -0.39 is 5.79 Å². The molecule has 1 aliphatic carbocycles. The van der Waals surface area contributed by atoms with Crippen molar-refractivity contribution in [1.82, 2.24) is 0 Å². The van der Waals surface area contributed by atoms with Crippen LogP contribution in [0.3, 0.4) is 0 Å². The zero-order chi connectivity index (χ0) is 13.2. The summed E-state index contributed by atoms with van der Waals surface area (Å²) in [5, 5.41) is 18.3. The first kappa shape index (κ1) is 13.8. The van der Waals surface area contributed by atoms with Crippen molar-refractivity contribution in [2.75, 3.05) is 6.61 Å². The van der Waals surface area contributed by atoms with Gasteiger partial charge in [-0.2, -0.15) is 4.89 Å². The summed E-state index contributed by atoms with van der Waals surface area (Å²) < 4.78 is 5.62. The molecule has 0 saturated heterocycles. The van der Waals surface area contributed by atoms with Crippen LogP contribution in [0.15, 0.2) is 11.8 Å². The second-order valence-electron chi connectivity index (χ2n) is 5.89. The molecule has 1 aliphatic heterocycles. The van der Waals surface area contributed by atoms with Gasteiger partial charge >= 0.3 is 0 Å². The van der Waals surface area contributed by atoms with E-state index in [2.05, 4.69) is 11.8 Å². The van der Waals surface area contributed by atoms with Crippen LogP contribution in [0.25, 0.3) is 0 Å². The number of ether oxygens (including phenoxy) is 1. The number of hydrogen-bond acceptors (Lipinski definition) is 4. The lowest BCUT2D eigenvalue weighted by molar-refractivity contribution is -0.387. The van der Waals surface area contributed by atoms with E-state index in [1.807, 2.05) is 0 Å². The molecule has 4 atom stereocenters. The first-order valence-corrected chi connectivity index (χ1v) is 6.91. The highest BCUT2D eigenvalue weighted by atomic mass is 17.1. The van der Waals surface area contributed by atoms with Gasteiger partial charge in [0.25, 0.3) is 0 Å². The van der Waals surface area contributed by atoms with Crippen LogP contribution < -0.4 is 0 Å². The van der Waals surface area contributed by atoms with Crippen LogP contribution >= 0.6 is 0 Å². The number of aliphatic hydroxyl groups excluding tert-OH is 1. The van der Waals surface area contributed by atoms with Gasteiger partial charge in [-0.05, 0) is 42.6 Å². The van der Waals surface area contributed by atoms with Crippen molar-refractivity contribution in [3.63, 3.8) is 0 Å². The predicted octanol–water partition coefficient (Wildman–Crippen LogP) is 2.93. The van der Waals surface area contributed by atoms with Crippen molar-refractivity contribution in [3.8, 4) is 0 Å². The summed E-state index contributed by atoms with van der Waals surface area (Å²) in [7, 11) is 0. The van der Waals surface area contributed by atoms with E-state index in [1.165, 1.54) is 18.4 Å². The van der Waals surface area contributed by atoms with Crippen LogP contribution in [0.4, 0.5) is 0 Å². The van der Waals surface area contributed by atoms with Gasteiger partial charge < -0.3 is 9.84 Å². The number of hydrogen-bond donors (Lipinski definition) is 2.